The first kappa shape index (κ1) is 23.4. The van der Waals surface area contributed by atoms with E-state index in [4.69, 9.17) is 13.9 Å². The summed E-state index contributed by atoms with van der Waals surface area (Å²) in [4.78, 5) is 0. The molecule has 0 bridgehead atoms. The Balaban J connectivity index is 1.82. The van der Waals surface area contributed by atoms with Gasteiger partial charge in [-0.1, -0.05) is 93.6 Å². The summed E-state index contributed by atoms with van der Waals surface area (Å²) in [6.07, 6.45) is 2.02. The molecule has 0 amide bonds. The minimum atomic E-state index is -2.64. The third kappa shape index (κ3) is 4.14. The molecular weight excluding hydrogens is 412 g/mol. The molecule has 1 aliphatic carbocycles. The Kier molecular flexibility index (Phi) is 6.27. The van der Waals surface area contributed by atoms with Crippen LogP contribution >= 0.6 is 0 Å². The summed E-state index contributed by atoms with van der Waals surface area (Å²) in [5.41, 5.74) is 1.11. The molecule has 2 aromatic rings. The van der Waals surface area contributed by atoms with Crippen molar-refractivity contribution in [2.75, 3.05) is 0 Å². The lowest BCUT2D eigenvalue weighted by atomic mass is 9.78. The van der Waals surface area contributed by atoms with Crippen molar-refractivity contribution in [2.45, 2.75) is 83.5 Å². The molecule has 3 nitrogen and oxygen atoms in total. The molecular formula is C28H38O3Si. The third-order valence-corrected chi connectivity index (χ3v) is 12.1. The van der Waals surface area contributed by atoms with Crippen LogP contribution in [0.3, 0.4) is 0 Å². The molecule has 0 spiro atoms. The van der Waals surface area contributed by atoms with Crippen LogP contribution in [-0.2, 0) is 13.9 Å². The summed E-state index contributed by atoms with van der Waals surface area (Å²) in [6, 6.07) is 21.7. The summed E-state index contributed by atoms with van der Waals surface area (Å²) in [5.74, 6) is -0.452. The SMILES string of the molecule is C=C(C)[C@H]1[C@@H]2OC(C)(C)O[C@@H]2CC[C@@H]1O[Si](c1ccccc1)(c1ccccc1)C(C)(C)C. The average Bonchev–Trinajstić information content (AvgIpc) is 3.05. The lowest BCUT2D eigenvalue weighted by molar-refractivity contribution is -0.149. The van der Waals surface area contributed by atoms with Crippen LogP contribution < -0.4 is 10.4 Å². The standard InChI is InChI=1S/C28H38O3Si/c1-20(2)25-23(18-19-24-26(25)30-28(6,7)29-24)31-32(27(3,4)5,21-14-10-8-11-15-21)22-16-12-9-13-17-22/h8-17,23-26H,1,18-19H2,2-7H3/t23-,24+,25+,26+/m0/s1. The van der Waals surface area contributed by atoms with E-state index in [9.17, 15) is 0 Å². The maximum absolute atomic E-state index is 7.51. The molecule has 4 heteroatoms. The zero-order chi connectivity index (χ0) is 23.1. The fourth-order valence-electron chi connectivity index (χ4n) is 5.76. The third-order valence-electron chi connectivity index (χ3n) is 7.03. The molecule has 0 unspecified atom stereocenters. The van der Waals surface area contributed by atoms with Crippen LogP contribution in [0.1, 0.15) is 54.4 Å². The van der Waals surface area contributed by atoms with Crippen molar-refractivity contribution in [2.24, 2.45) is 5.92 Å². The minimum Gasteiger partial charge on any atom is -0.404 e. The van der Waals surface area contributed by atoms with Gasteiger partial charge in [-0.05, 0) is 49.0 Å². The van der Waals surface area contributed by atoms with Gasteiger partial charge in [-0.2, -0.15) is 0 Å². The zero-order valence-electron chi connectivity index (χ0n) is 20.4. The van der Waals surface area contributed by atoms with E-state index < -0.39 is 14.1 Å². The number of hydrogen-bond donors (Lipinski definition) is 0. The first-order valence-electron chi connectivity index (χ1n) is 11.8. The molecule has 1 saturated heterocycles. The van der Waals surface area contributed by atoms with E-state index in [1.165, 1.54) is 10.4 Å². The monoisotopic (exact) mass is 450 g/mol. The van der Waals surface area contributed by atoms with Crippen molar-refractivity contribution in [3.05, 3.63) is 72.8 Å². The minimum absolute atomic E-state index is 0.0144. The first-order chi connectivity index (χ1) is 15.1. The Labute approximate surface area is 194 Å². The fraction of sp³-hybridized carbons (Fsp3) is 0.500. The molecule has 1 saturated carbocycles. The van der Waals surface area contributed by atoms with E-state index in [2.05, 4.69) is 94.9 Å². The molecule has 2 aromatic carbocycles. The smallest absolute Gasteiger partial charge is 0.261 e. The molecule has 0 aromatic heterocycles. The van der Waals surface area contributed by atoms with E-state index in [-0.39, 0.29) is 29.3 Å². The number of ether oxygens (including phenoxy) is 2. The Morgan fingerprint density at radius 2 is 1.47 bits per heavy atom. The predicted molar refractivity (Wildman–Crippen MR) is 134 cm³/mol. The summed E-state index contributed by atoms with van der Waals surface area (Å²) in [5, 5.41) is 2.56. The van der Waals surface area contributed by atoms with Crippen LogP contribution in [0, 0.1) is 5.92 Å². The number of fused-ring (bicyclic) bond motifs is 1. The van der Waals surface area contributed by atoms with Gasteiger partial charge in [-0.25, -0.2) is 0 Å². The lowest BCUT2D eigenvalue weighted by Gasteiger charge is -2.49. The van der Waals surface area contributed by atoms with Crippen molar-refractivity contribution in [1.82, 2.24) is 0 Å². The van der Waals surface area contributed by atoms with Crippen LogP contribution in [0.4, 0.5) is 0 Å². The molecule has 0 radical (unpaired) electrons. The van der Waals surface area contributed by atoms with Crippen LogP contribution in [0.2, 0.25) is 5.04 Å². The molecule has 2 fully saturated rings. The van der Waals surface area contributed by atoms with Gasteiger partial charge in [0.05, 0.1) is 18.3 Å². The average molecular weight is 451 g/mol. The van der Waals surface area contributed by atoms with E-state index in [0.717, 1.165) is 18.4 Å². The zero-order valence-corrected chi connectivity index (χ0v) is 21.4. The Morgan fingerprint density at radius 3 is 1.94 bits per heavy atom. The first-order valence-corrected chi connectivity index (χ1v) is 13.8. The van der Waals surface area contributed by atoms with Gasteiger partial charge in [0.25, 0.3) is 8.32 Å². The van der Waals surface area contributed by atoms with Gasteiger partial charge in [-0.3, -0.25) is 0 Å². The van der Waals surface area contributed by atoms with Crippen LogP contribution in [0.25, 0.3) is 0 Å². The Hall–Kier alpha value is -1.72. The highest BCUT2D eigenvalue weighted by Gasteiger charge is 2.56. The quantitative estimate of drug-likeness (QED) is 0.449. The normalized spacial score (nSPS) is 27.7. The summed E-state index contributed by atoms with van der Waals surface area (Å²) in [7, 11) is -2.64. The van der Waals surface area contributed by atoms with Crippen LogP contribution in [0.15, 0.2) is 72.8 Å². The van der Waals surface area contributed by atoms with Crippen LogP contribution in [0.5, 0.6) is 0 Å². The number of rotatable bonds is 5. The largest absolute Gasteiger partial charge is 0.404 e. The molecule has 1 aliphatic heterocycles. The van der Waals surface area contributed by atoms with Crippen LogP contribution in [-0.4, -0.2) is 32.4 Å². The van der Waals surface area contributed by atoms with Crippen molar-refractivity contribution in [3.63, 3.8) is 0 Å². The highest BCUT2D eigenvalue weighted by Crippen LogP contribution is 2.46. The Bertz CT molecular complexity index is 893. The maximum atomic E-state index is 7.51. The van der Waals surface area contributed by atoms with Gasteiger partial charge >= 0.3 is 0 Å². The van der Waals surface area contributed by atoms with Crippen molar-refractivity contribution < 1.29 is 13.9 Å². The summed E-state index contributed by atoms with van der Waals surface area (Å²) >= 11 is 0. The molecule has 1 heterocycles. The van der Waals surface area contributed by atoms with Crippen molar-refractivity contribution in [3.8, 4) is 0 Å². The van der Waals surface area contributed by atoms with E-state index >= 15 is 0 Å². The van der Waals surface area contributed by atoms with Crippen molar-refractivity contribution >= 4 is 18.7 Å². The highest BCUT2D eigenvalue weighted by molar-refractivity contribution is 6.99. The lowest BCUT2D eigenvalue weighted by Crippen LogP contribution is -2.69. The second-order valence-electron chi connectivity index (χ2n) is 10.9. The summed E-state index contributed by atoms with van der Waals surface area (Å²) < 4.78 is 20.2. The summed E-state index contributed by atoms with van der Waals surface area (Å²) in [6.45, 7) is 17.5. The van der Waals surface area contributed by atoms with Gasteiger partial charge in [0, 0.05) is 5.92 Å². The van der Waals surface area contributed by atoms with Gasteiger partial charge < -0.3 is 13.9 Å². The van der Waals surface area contributed by atoms with E-state index in [1.54, 1.807) is 0 Å². The maximum Gasteiger partial charge on any atom is 0.261 e. The molecule has 0 N–H and O–H groups in total. The van der Waals surface area contributed by atoms with Gasteiger partial charge in [0.15, 0.2) is 5.79 Å². The second-order valence-corrected chi connectivity index (χ2v) is 15.2. The molecule has 2 aliphatic rings. The van der Waals surface area contributed by atoms with E-state index in [0.29, 0.717) is 0 Å². The predicted octanol–water partition coefficient (Wildman–Crippen LogP) is 5.44. The van der Waals surface area contributed by atoms with Crippen molar-refractivity contribution in [1.29, 1.82) is 0 Å². The van der Waals surface area contributed by atoms with Gasteiger partial charge in [0.1, 0.15) is 0 Å². The fourth-order valence-corrected chi connectivity index (χ4v) is 10.5. The van der Waals surface area contributed by atoms with E-state index in [1.807, 2.05) is 13.8 Å². The second kappa shape index (κ2) is 8.57. The highest BCUT2D eigenvalue weighted by atomic mass is 28.4. The molecule has 4 atom stereocenters. The number of benzene rings is 2. The Morgan fingerprint density at radius 1 is 0.938 bits per heavy atom. The van der Waals surface area contributed by atoms with Gasteiger partial charge in [0.2, 0.25) is 0 Å². The van der Waals surface area contributed by atoms with Gasteiger partial charge in [-0.15, -0.1) is 0 Å². The topological polar surface area (TPSA) is 27.7 Å². The number of hydrogen-bond acceptors (Lipinski definition) is 3. The molecule has 32 heavy (non-hydrogen) atoms. The molecule has 4 rings (SSSR count). The molecule has 172 valence electrons.